The third-order valence-electron chi connectivity index (χ3n) is 1.14. The highest BCUT2D eigenvalue weighted by molar-refractivity contribution is 14.1. The van der Waals surface area contributed by atoms with Crippen LogP contribution in [0.3, 0.4) is 0 Å². The molecule has 50 valence electrons. The Hall–Kier alpha value is 0.490. The van der Waals surface area contributed by atoms with E-state index in [1.165, 1.54) is 0 Å². The molecule has 3 heteroatoms. The Kier molecular flexibility index (Phi) is 2.58. The number of carbonyl (C=O) groups excluding carboxylic acids is 1. The van der Waals surface area contributed by atoms with E-state index in [0.29, 0.717) is 5.78 Å². The SMILES string of the molecule is C/C(I)=C1/SCCC1=O. The average molecular weight is 254 g/mol. The minimum Gasteiger partial charge on any atom is -0.294 e. The number of allylic oxidation sites excluding steroid dienone is 2. The lowest BCUT2D eigenvalue weighted by Gasteiger charge is -1.91. The number of thioether (sulfide) groups is 1. The van der Waals surface area contributed by atoms with Crippen molar-refractivity contribution in [2.75, 3.05) is 5.75 Å². The summed E-state index contributed by atoms with van der Waals surface area (Å²) in [4.78, 5) is 11.9. The Morgan fingerprint density at radius 3 is 2.67 bits per heavy atom. The van der Waals surface area contributed by atoms with Crippen molar-refractivity contribution in [1.82, 2.24) is 0 Å². The predicted octanol–water partition coefficient (Wildman–Crippen LogP) is 2.36. The van der Waals surface area contributed by atoms with Gasteiger partial charge in [0.15, 0.2) is 5.78 Å². The maximum atomic E-state index is 10.9. The normalized spacial score (nSPS) is 24.9. The topological polar surface area (TPSA) is 17.1 Å². The van der Waals surface area contributed by atoms with Crippen molar-refractivity contribution in [2.45, 2.75) is 13.3 Å². The third-order valence-corrected chi connectivity index (χ3v) is 3.28. The molecule has 0 amide bonds. The molecule has 0 aromatic rings. The first-order chi connectivity index (χ1) is 4.22. The predicted molar refractivity (Wildman–Crippen MR) is 48.8 cm³/mol. The van der Waals surface area contributed by atoms with Crippen LogP contribution in [0.25, 0.3) is 0 Å². The highest BCUT2D eigenvalue weighted by Crippen LogP contribution is 2.31. The van der Waals surface area contributed by atoms with Gasteiger partial charge in [0.1, 0.15) is 0 Å². The van der Waals surface area contributed by atoms with Crippen molar-refractivity contribution in [1.29, 1.82) is 0 Å². The van der Waals surface area contributed by atoms with Gasteiger partial charge in [0.25, 0.3) is 0 Å². The first kappa shape index (κ1) is 7.60. The molecule has 0 aromatic carbocycles. The molecule has 0 aromatic heterocycles. The molecule has 1 rings (SSSR count). The Bertz CT molecular complexity index is 170. The van der Waals surface area contributed by atoms with E-state index >= 15 is 0 Å². The molecule has 1 saturated heterocycles. The van der Waals surface area contributed by atoms with Gasteiger partial charge in [0.05, 0.1) is 4.91 Å². The van der Waals surface area contributed by atoms with Gasteiger partial charge in [-0.1, -0.05) is 0 Å². The lowest BCUT2D eigenvalue weighted by molar-refractivity contribution is -0.114. The second-order valence-corrected chi connectivity index (χ2v) is 4.61. The van der Waals surface area contributed by atoms with Gasteiger partial charge < -0.3 is 0 Å². The summed E-state index contributed by atoms with van der Waals surface area (Å²) in [5, 5.41) is 0. The summed E-state index contributed by atoms with van der Waals surface area (Å²) in [6.45, 7) is 1.98. The minimum atomic E-state index is 0.326. The number of hydrogen-bond donors (Lipinski definition) is 0. The monoisotopic (exact) mass is 254 g/mol. The van der Waals surface area contributed by atoms with Crippen LogP contribution in [-0.4, -0.2) is 11.5 Å². The summed E-state index contributed by atoms with van der Waals surface area (Å²) in [5.41, 5.74) is 0. The molecular weight excluding hydrogens is 247 g/mol. The molecular formula is C6H7IOS. The number of rotatable bonds is 0. The van der Waals surface area contributed by atoms with E-state index in [9.17, 15) is 4.79 Å². The van der Waals surface area contributed by atoms with Crippen LogP contribution in [0.15, 0.2) is 8.48 Å². The third kappa shape index (κ3) is 1.70. The maximum absolute atomic E-state index is 10.9. The smallest absolute Gasteiger partial charge is 0.170 e. The van der Waals surface area contributed by atoms with E-state index in [4.69, 9.17) is 0 Å². The number of hydrogen-bond acceptors (Lipinski definition) is 2. The van der Waals surface area contributed by atoms with Gasteiger partial charge in [-0.3, -0.25) is 4.79 Å². The van der Waals surface area contributed by atoms with E-state index in [1.807, 2.05) is 6.92 Å². The summed E-state index contributed by atoms with van der Waals surface area (Å²) < 4.78 is 1.14. The average Bonchev–Trinajstić information content (AvgIpc) is 2.13. The lowest BCUT2D eigenvalue weighted by Crippen LogP contribution is -1.90. The van der Waals surface area contributed by atoms with Crippen molar-refractivity contribution in [3.05, 3.63) is 8.48 Å². The second-order valence-electron chi connectivity index (χ2n) is 1.88. The summed E-state index contributed by atoms with van der Waals surface area (Å²) >= 11 is 3.88. The van der Waals surface area contributed by atoms with Crippen molar-refractivity contribution in [3.63, 3.8) is 0 Å². The molecule has 0 atom stereocenters. The zero-order chi connectivity index (χ0) is 6.85. The maximum Gasteiger partial charge on any atom is 0.170 e. The van der Waals surface area contributed by atoms with Crippen LogP contribution >= 0.6 is 34.4 Å². The number of carbonyl (C=O) groups is 1. The van der Waals surface area contributed by atoms with E-state index in [2.05, 4.69) is 22.6 Å². The van der Waals surface area contributed by atoms with Crippen molar-refractivity contribution >= 4 is 40.1 Å². The zero-order valence-electron chi connectivity index (χ0n) is 5.11. The fourth-order valence-corrected chi connectivity index (χ4v) is 2.45. The molecule has 0 bridgehead atoms. The van der Waals surface area contributed by atoms with Crippen molar-refractivity contribution in [2.24, 2.45) is 0 Å². The van der Waals surface area contributed by atoms with E-state index in [0.717, 1.165) is 20.7 Å². The van der Waals surface area contributed by atoms with Gasteiger partial charge in [0, 0.05) is 15.8 Å². The van der Waals surface area contributed by atoms with Crippen LogP contribution in [0, 0.1) is 0 Å². The van der Waals surface area contributed by atoms with Crippen molar-refractivity contribution in [3.8, 4) is 0 Å². The number of Topliss-reactive ketones (excluding diaryl/α,β-unsaturated/α-hetero) is 1. The molecule has 1 aliphatic heterocycles. The largest absolute Gasteiger partial charge is 0.294 e. The lowest BCUT2D eigenvalue weighted by atomic mass is 10.3. The molecule has 1 nitrogen and oxygen atoms in total. The Balaban J connectivity index is 2.83. The van der Waals surface area contributed by atoms with Crippen molar-refractivity contribution < 1.29 is 4.79 Å². The molecule has 1 fully saturated rings. The molecule has 0 aliphatic carbocycles. The molecule has 0 radical (unpaired) electrons. The highest BCUT2D eigenvalue weighted by atomic mass is 127. The van der Waals surface area contributed by atoms with Gasteiger partial charge in [-0.2, -0.15) is 0 Å². The van der Waals surface area contributed by atoms with Gasteiger partial charge in [-0.15, -0.1) is 11.8 Å². The van der Waals surface area contributed by atoms with E-state index in [1.54, 1.807) is 11.8 Å². The van der Waals surface area contributed by atoms with Gasteiger partial charge >= 0.3 is 0 Å². The zero-order valence-corrected chi connectivity index (χ0v) is 8.08. The fraction of sp³-hybridized carbons (Fsp3) is 0.500. The molecule has 1 heterocycles. The van der Waals surface area contributed by atoms with Crippen LogP contribution < -0.4 is 0 Å². The Morgan fingerprint density at radius 1 is 1.78 bits per heavy atom. The summed E-state index contributed by atoms with van der Waals surface area (Å²) in [6, 6.07) is 0. The molecule has 0 N–H and O–H groups in total. The first-order valence-electron chi connectivity index (χ1n) is 2.74. The molecule has 0 spiro atoms. The standard InChI is InChI=1S/C6H7IOS/c1-4(7)6-5(8)2-3-9-6/h2-3H2,1H3/b6-4-. The summed E-state index contributed by atoms with van der Waals surface area (Å²) in [7, 11) is 0. The molecule has 0 unspecified atom stereocenters. The Labute approximate surface area is 72.4 Å². The van der Waals surface area contributed by atoms with Crippen LogP contribution in [-0.2, 0) is 4.79 Å². The summed E-state index contributed by atoms with van der Waals surface area (Å²) in [6.07, 6.45) is 0.736. The summed E-state index contributed by atoms with van der Waals surface area (Å²) in [5.74, 6) is 1.31. The van der Waals surface area contributed by atoms with Crippen LogP contribution in [0.5, 0.6) is 0 Å². The number of ketones is 1. The highest BCUT2D eigenvalue weighted by Gasteiger charge is 2.18. The van der Waals surface area contributed by atoms with E-state index < -0.39 is 0 Å². The molecule has 9 heavy (non-hydrogen) atoms. The van der Waals surface area contributed by atoms with E-state index in [-0.39, 0.29) is 0 Å². The first-order valence-corrected chi connectivity index (χ1v) is 4.80. The molecule has 0 saturated carbocycles. The Morgan fingerprint density at radius 2 is 2.44 bits per heavy atom. The van der Waals surface area contributed by atoms with Gasteiger partial charge in [-0.25, -0.2) is 0 Å². The second kappa shape index (κ2) is 3.05. The van der Waals surface area contributed by atoms with Crippen LogP contribution in [0.4, 0.5) is 0 Å². The van der Waals surface area contributed by atoms with Crippen LogP contribution in [0.1, 0.15) is 13.3 Å². The fourth-order valence-electron chi connectivity index (χ4n) is 0.731. The minimum absolute atomic E-state index is 0.326. The molecule has 1 aliphatic rings. The quantitative estimate of drug-likeness (QED) is 0.487. The van der Waals surface area contributed by atoms with Crippen LogP contribution in [0.2, 0.25) is 0 Å². The number of halogens is 1. The van der Waals surface area contributed by atoms with Gasteiger partial charge in [0.2, 0.25) is 0 Å². The van der Waals surface area contributed by atoms with Gasteiger partial charge in [-0.05, 0) is 29.5 Å².